The number of hydrogen-bond acceptors (Lipinski definition) is 3. The highest BCUT2D eigenvalue weighted by Gasteiger charge is 2.17. The summed E-state index contributed by atoms with van der Waals surface area (Å²) in [6, 6.07) is 5.72. The van der Waals surface area contributed by atoms with E-state index in [9.17, 15) is 4.79 Å². The number of para-hydroxylation sites is 1. The number of primary amides is 1. The Morgan fingerprint density at radius 3 is 2.90 bits per heavy atom. The average molecular weight is 296 g/mol. The van der Waals surface area contributed by atoms with Crippen LogP contribution in [0, 0.1) is 0 Å². The lowest BCUT2D eigenvalue weighted by Gasteiger charge is -2.09. The summed E-state index contributed by atoms with van der Waals surface area (Å²) >= 11 is 6.18. The van der Waals surface area contributed by atoms with Gasteiger partial charge >= 0.3 is 0 Å². The Bertz CT molecular complexity index is 622. The van der Waals surface area contributed by atoms with E-state index < -0.39 is 0 Å². The first-order valence-corrected chi connectivity index (χ1v) is 7.02. The van der Waals surface area contributed by atoms with Crippen LogP contribution in [0.2, 0.25) is 0 Å². The molecule has 1 aromatic heterocycles. The van der Waals surface area contributed by atoms with Crippen LogP contribution in [0.15, 0.2) is 18.2 Å². The van der Waals surface area contributed by atoms with Gasteiger partial charge in [0.25, 0.3) is 0 Å². The molecular formula is C14H18ClN3O2. The number of benzene rings is 1. The number of fused-ring (bicyclic) bond motifs is 1. The van der Waals surface area contributed by atoms with Crippen molar-refractivity contribution in [2.45, 2.75) is 32.2 Å². The fraction of sp³-hybridized carbons (Fsp3) is 0.429. The number of ether oxygens (including phenoxy) is 1. The van der Waals surface area contributed by atoms with E-state index in [4.69, 9.17) is 22.1 Å². The minimum Gasteiger partial charge on any atom is -0.492 e. The van der Waals surface area contributed by atoms with Crippen molar-refractivity contribution in [3.05, 3.63) is 24.0 Å². The number of amides is 1. The second-order valence-corrected chi connectivity index (χ2v) is 5.17. The van der Waals surface area contributed by atoms with Gasteiger partial charge in [-0.2, -0.15) is 0 Å². The standard InChI is InChI=1S/C14H18ClN3O2/c1-3-20-11-6-4-5-10-13(11)17-14(9(2)15)18(10)8-7-12(16)19/h4-6,9H,3,7-8H2,1-2H3,(H2,16,19). The van der Waals surface area contributed by atoms with Gasteiger partial charge in [0.1, 0.15) is 17.1 Å². The Morgan fingerprint density at radius 1 is 1.55 bits per heavy atom. The van der Waals surface area contributed by atoms with Crippen LogP contribution in [0.25, 0.3) is 11.0 Å². The predicted octanol–water partition coefficient (Wildman–Crippen LogP) is 2.61. The Kier molecular flexibility index (Phi) is 4.49. The zero-order valence-electron chi connectivity index (χ0n) is 11.6. The van der Waals surface area contributed by atoms with Gasteiger partial charge in [0, 0.05) is 13.0 Å². The third kappa shape index (κ3) is 2.88. The molecule has 5 nitrogen and oxygen atoms in total. The van der Waals surface area contributed by atoms with E-state index in [1.54, 1.807) is 0 Å². The molecule has 1 atom stereocenters. The smallest absolute Gasteiger partial charge is 0.219 e. The van der Waals surface area contributed by atoms with Gasteiger partial charge in [-0.15, -0.1) is 11.6 Å². The summed E-state index contributed by atoms with van der Waals surface area (Å²) in [5.74, 6) is 1.09. The molecule has 1 amide bonds. The van der Waals surface area contributed by atoms with E-state index in [0.29, 0.717) is 13.2 Å². The molecule has 0 aliphatic carbocycles. The molecule has 6 heteroatoms. The zero-order valence-corrected chi connectivity index (χ0v) is 12.4. The first-order valence-electron chi connectivity index (χ1n) is 6.59. The minimum absolute atomic E-state index is 0.251. The van der Waals surface area contributed by atoms with Crippen molar-refractivity contribution < 1.29 is 9.53 Å². The van der Waals surface area contributed by atoms with Crippen molar-refractivity contribution in [1.82, 2.24) is 9.55 Å². The number of alkyl halides is 1. The summed E-state index contributed by atoms with van der Waals surface area (Å²) in [6.07, 6.45) is 0.251. The van der Waals surface area contributed by atoms with Crippen LogP contribution in [0.5, 0.6) is 5.75 Å². The van der Waals surface area contributed by atoms with Gasteiger partial charge < -0.3 is 15.0 Å². The molecule has 1 heterocycles. The number of carbonyl (C=O) groups is 1. The molecule has 0 saturated heterocycles. The molecule has 0 bridgehead atoms. The monoisotopic (exact) mass is 295 g/mol. The summed E-state index contributed by atoms with van der Waals surface area (Å²) in [5.41, 5.74) is 6.89. The van der Waals surface area contributed by atoms with Gasteiger partial charge in [0.2, 0.25) is 5.91 Å². The third-order valence-corrected chi connectivity index (χ3v) is 3.20. The van der Waals surface area contributed by atoms with Crippen LogP contribution < -0.4 is 10.5 Å². The maximum absolute atomic E-state index is 11.0. The molecule has 0 saturated carbocycles. The Hall–Kier alpha value is -1.75. The molecule has 1 unspecified atom stereocenters. The van der Waals surface area contributed by atoms with E-state index >= 15 is 0 Å². The number of halogens is 1. The van der Waals surface area contributed by atoms with Gasteiger partial charge in [-0.3, -0.25) is 4.79 Å². The van der Waals surface area contributed by atoms with Gasteiger partial charge in [0.15, 0.2) is 0 Å². The number of imidazole rings is 1. The third-order valence-electron chi connectivity index (χ3n) is 3.01. The van der Waals surface area contributed by atoms with Crippen molar-refractivity contribution in [2.75, 3.05) is 6.61 Å². The van der Waals surface area contributed by atoms with E-state index in [2.05, 4.69) is 4.98 Å². The number of nitrogens with zero attached hydrogens (tertiary/aromatic N) is 2. The molecule has 0 spiro atoms. The molecular weight excluding hydrogens is 278 g/mol. The number of hydrogen-bond donors (Lipinski definition) is 1. The summed E-state index contributed by atoms with van der Waals surface area (Å²) < 4.78 is 7.51. The summed E-state index contributed by atoms with van der Waals surface area (Å²) in [6.45, 7) is 4.81. The Labute approximate surface area is 122 Å². The average Bonchev–Trinajstić information content (AvgIpc) is 2.76. The molecule has 2 aromatic rings. The number of nitrogens with two attached hydrogens (primary N) is 1. The zero-order chi connectivity index (χ0) is 14.7. The normalized spacial score (nSPS) is 12.6. The molecule has 108 valence electrons. The second-order valence-electron chi connectivity index (χ2n) is 4.51. The molecule has 0 radical (unpaired) electrons. The maximum atomic E-state index is 11.0. The highest BCUT2D eigenvalue weighted by atomic mass is 35.5. The topological polar surface area (TPSA) is 70.1 Å². The van der Waals surface area contributed by atoms with Crippen LogP contribution in [-0.4, -0.2) is 22.1 Å². The lowest BCUT2D eigenvalue weighted by molar-refractivity contribution is -0.118. The van der Waals surface area contributed by atoms with Gasteiger partial charge in [-0.1, -0.05) is 6.07 Å². The van der Waals surface area contributed by atoms with Crippen molar-refractivity contribution in [3.8, 4) is 5.75 Å². The molecule has 2 N–H and O–H groups in total. The van der Waals surface area contributed by atoms with Gasteiger partial charge in [0.05, 0.1) is 17.5 Å². The van der Waals surface area contributed by atoms with Crippen molar-refractivity contribution >= 4 is 28.5 Å². The minimum atomic E-state index is -0.346. The number of aryl methyl sites for hydroxylation is 1. The fourth-order valence-corrected chi connectivity index (χ4v) is 2.34. The quantitative estimate of drug-likeness (QED) is 0.833. The second kappa shape index (κ2) is 6.13. The first-order chi connectivity index (χ1) is 9.54. The Morgan fingerprint density at radius 2 is 2.30 bits per heavy atom. The Balaban J connectivity index is 2.54. The lowest BCUT2D eigenvalue weighted by Crippen LogP contribution is -2.15. The molecule has 2 rings (SSSR count). The maximum Gasteiger partial charge on any atom is 0.219 e. The predicted molar refractivity (Wildman–Crippen MR) is 79.0 cm³/mol. The molecule has 1 aromatic carbocycles. The van der Waals surface area contributed by atoms with Crippen molar-refractivity contribution in [2.24, 2.45) is 5.73 Å². The van der Waals surface area contributed by atoms with Crippen LogP contribution in [0.3, 0.4) is 0 Å². The van der Waals surface area contributed by atoms with Crippen molar-refractivity contribution in [1.29, 1.82) is 0 Å². The van der Waals surface area contributed by atoms with Gasteiger partial charge in [-0.25, -0.2) is 4.98 Å². The lowest BCUT2D eigenvalue weighted by atomic mass is 10.3. The molecule has 0 fully saturated rings. The largest absolute Gasteiger partial charge is 0.492 e. The highest BCUT2D eigenvalue weighted by Crippen LogP contribution is 2.30. The van der Waals surface area contributed by atoms with Crippen LogP contribution in [0.4, 0.5) is 0 Å². The van der Waals surface area contributed by atoms with Gasteiger partial charge in [-0.05, 0) is 26.0 Å². The molecule has 20 heavy (non-hydrogen) atoms. The van der Waals surface area contributed by atoms with E-state index in [1.807, 2.05) is 36.6 Å². The van der Waals surface area contributed by atoms with E-state index in [-0.39, 0.29) is 17.7 Å². The molecule has 0 aliphatic heterocycles. The number of rotatable bonds is 6. The van der Waals surface area contributed by atoms with Crippen LogP contribution in [-0.2, 0) is 11.3 Å². The molecule has 0 aliphatic rings. The SMILES string of the molecule is CCOc1cccc2c1nc(C(C)Cl)n2CCC(N)=O. The van der Waals surface area contributed by atoms with E-state index in [0.717, 1.165) is 22.6 Å². The van der Waals surface area contributed by atoms with E-state index in [1.165, 1.54) is 0 Å². The number of carbonyl (C=O) groups excluding carboxylic acids is 1. The van der Waals surface area contributed by atoms with Crippen LogP contribution in [0.1, 0.15) is 31.5 Å². The summed E-state index contributed by atoms with van der Waals surface area (Å²) in [4.78, 5) is 15.6. The van der Waals surface area contributed by atoms with Crippen molar-refractivity contribution in [3.63, 3.8) is 0 Å². The summed E-state index contributed by atoms with van der Waals surface area (Å²) in [5, 5.41) is -0.259. The highest BCUT2D eigenvalue weighted by molar-refractivity contribution is 6.20. The summed E-state index contributed by atoms with van der Waals surface area (Å²) in [7, 11) is 0. The first kappa shape index (κ1) is 14.7. The fourth-order valence-electron chi connectivity index (χ4n) is 2.17. The number of aromatic nitrogens is 2. The van der Waals surface area contributed by atoms with Crippen LogP contribution >= 0.6 is 11.6 Å².